The van der Waals surface area contributed by atoms with E-state index in [9.17, 15) is 44.4 Å². The van der Waals surface area contributed by atoms with Gasteiger partial charge >= 0.3 is 5.97 Å². The summed E-state index contributed by atoms with van der Waals surface area (Å²) in [6, 6.07) is 21.4. The molecule has 6 atom stereocenters. The topological polar surface area (TPSA) is 279 Å². The van der Waals surface area contributed by atoms with E-state index in [4.69, 9.17) is 33.2 Å². The summed E-state index contributed by atoms with van der Waals surface area (Å²) in [5.41, 5.74) is 3.09. The predicted molar refractivity (Wildman–Crippen MR) is 254 cm³/mol. The minimum Gasteiger partial charge on any atom is -0.477 e. The Morgan fingerprint density at radius 3 is 1.74 bits per heavy atom. The summed E-state index contributed by atoms with van der Waals surface area (Å²) in [5.74, 6) is -4.33. The molecule has 69 heavy (non-hydrogen) atoms. The molecule has 0 saturated carbocycles. The van der Waals surface area contributed by atoms with Gasteiger partial charge in [0.15, 0.2) is 0 Å². The number of carbonyl (C=O) groups is 5. The van der Waals surface area contributed by atoms with Crippen molar-refractivity contribution in [3.63, 3.8) is 0 Å². The monoisotopic (exact) mass is 986 g/mol. The van der Waals surface area contributed by atoms with Crippen LogP contribution in [0, 0.1) is 0 Å². The second-order valence-electron chi connectivity index (χ2n) is 15.6. The van der Waals surface area contributed by atoms with Gasteiger partial charge < -0.3 is 74.9 Å². The zero-order valence-electron chi connectivity index (χ0n) is 39.0. The minimum absolute atomic E-state index is 0.0809. The van der Waals surface area contributed by atoms with Gasteiger partial charge in [0, 0.05) is 55.9 Å². The number of nitrogens with one attached hydrogen (secondary N) is 4. The number of benzene rings is 3. The maximum atomic E-state index is 12.9. The lowest BCUT2D eigenvalue weighted by atomic mass is 9.88. The van der Waals surface area contributed by atoms with Crippen LogP contribution in [0.5, 0.6) is 0 Å². The highest BCUT2D eigenvalue weighted by atomic mass is 32.2. The number of carboxylic acids is 1. The molecule has 4 rings (SSSR count). The number of carbonyl (C=O) groups excluding carboxylic acids is 4. The second kappa shape index (κ2) is 31.2. The molecular weight excluding hydrogens is 921 g/mol. The molecule has 0 spiro atoms. The minimum atomic E-state index is -2.40. The molecule has 1 heterocycles. The zero-order chi connectivity index (χ0) is 49.9. The maximum absolute atomic E-state index is 12.9. The Balaban J connectivity index is 1.01. The fourth-order valence-electron chi connectivity index (χ4n) is 6.89. The SMILES string of the molecule is CNC(=O)c1ccc(C(=O)NCCOCCOCCOCCOCCOCCSCCCO[C@]2(C(=O)O)C[C@H](O)[C@@H](NC(C)=O)[C@H]([C@H](O)[C@H](O)CNC(=O)c3ccc(-c4ccccc4)cc3)O2)cc1. The molecule has 21 heteroatoms. The van der Waals surface area contributed by atoms with Crippen molar-refractivity contribution in [1.29, 1.82) is 0 Å². The van der Waals surface area contributed by atoms with Crippen LogP contribution in [-0.4, -0.2) is 191 Å². The van der Waals surface area contributed by atoms with E-state index in [1.807, 2.05) is 30.3 Å². The molecule has 4 amide bonds. The maximum Gasteiger partial charge on any atom is 0.364 e. The van der Waals surface area contributed by atoms with Gasteiger partial charge in [-0.05, 0) is 59.7 Å². The highest BCUT2D eigenvalue weighted by Gasteiger charge is 2.55. The van der Waals surface area contributed by atoms with Gasteiger partial charge in [-0.2, -0.15) is 11.8 Å². The van der Waals surface area contributed by atoms with Crippen molar-refractivity contribution < 1.29 is 77.6 Å². The molecule has 1 aliphatic rings. The molecule has 20 nitrogen and oxygen atoms in total. The normalized spacial score (nSPS) is 18.7. The van der Waals surface area contributed by atoms with Crippen LogP contribution in [0.25, 0.3) is 11.1 Å². The molecule has 0 aliphatic carbocycles. The van der Waals surface area contributed by atoms with E-state index in [0.717, 1.165) is 11.1 Å². The third kappa shape index (κ3) is 19.7. The third-order valence-electron chi connectivity index (χ3n) is 10.5. The highest BCUT2D eigenvalue weighted by molar-refractivity contribution is 7.99. The van der Waals surface area contributed by atoms with Crippen LogP contribution < -0.4 is 21.3 Å². The Bertz CT molecular complexity index is 2000. The number of ether oxygens (including phenoxy) is 7. The summed E-state index contributed by atoms with van der Waals surface area (Å²) in [6.45, 7) is 4.84. The fraction of sp³-hybridized carbons (Fsp3) is 0.521. The van der Waals surface area contributed by atoms with Crippen LogP contribution in [0.15, 0.2) is 78.9 Å². The molecular formula is C48H66N4O16S. The fourth-order valence-corrected chi connectivity index (χ4v) is 7.65. The Morgan fingerprint density at radius 1 is 0.681 bits per heavy atom. The van der Waals surface area contributed by atoms with Gasteiger partial charge in [-0.25, -0.2) is 4.79 Å². The number of carboxylic acid groups (broad SMARTS) is 1. The molecule has 0 radical (unpaired) electrons. The standard InChI is InChI=1S/C48H66N4O16S/c1-33(53)52-41-39(54)31-48(47(60)61,68-43(41)42(56)40(55)32-51-46(59)38-11-9-35(10-12-38)34-7-4-3-5-8-34)67-18-6-29-69-30-28-66-27-26-65-25-24-64-23-22-63-21-20-62-19-17-50-45(58)37-15-13-36(14-16-37)44(57)49-2/h3-5,7-16,39-43,54-56H,6,17-32H2,1-2H3,(H,49,57)(H,50,58)(H,51,59)(H,52,53)(H,60,61)/t39-,40+,41+,42+,43+,48+/m0/s1. The first-order chi connectivity index (χ1) is 33.3. The molecule has 0 aromatic heterocycles. The number of hydrogen-bond acceptors (Lipinski definition) is 16. The van der Waals surface area contributed by atoms with Gasteiger partial charge in [0.25, 0.3) is 23.5 Å². The number of aliphatic hydroxyl groups excluding tert-OH is 3. The largest absolute Gasteiger partial charge is 0.477 e. The highest BCUT2D eigenvalue weighted by Crippen LogP contribution is 2.34. The van der Waals surface area contributed by atoms with Crippen LogP contribution in [0.3, 0.4) is 0 Å². The van der Waals surface area contributed by atoms with Gasteiger partial charge in [-0.3, -0.25) is 19.2 Å². The smallest absolute Gasteiger partial charge is 0.364 e. The molecule has 3 aromatic carbocycles. The molecule has 0 bridgehead atoms. The van der Waals surface area contributed by atoms with Crippen LogP contribution >= 0.6 is 11.8 Å². The average Bonchev–Trinajstić information content (AvgIpc) is 3.36. The summed E-state index contributed by atoms with van der Waals surface area (Å²) >= 11 is 1.56. The molecule has 380 valence electrons. The Morgan fingerprint density at radius 2 is 1.19 bits per heavy atom. The Kier molecular flexibility index (Phi) is 25.6. The van der Waals surface area contributed by atoms with Gasteiger partial charge in [0.05, 0.1) is 90.9 Å². The molecule has 1 fully saturated rings. The Hall–Kier alpha value is -5.04. The van der Waals surface area contributed by atoms with Crippen LogP contribution in [-0.2, 0) is 42.7 Å². The number of thioether (sulfide) groups is 1. The van der Waals surface area contributed by atoms with Crippen molar-refractivity contribution in [2.45, 2.75) is 56.0 Å². The molecule has 1 saturated heterocycles. The first kappa shape index (κ1) is 56.5. The van der Waals surface area contributed by atoms with E-state index < -0.39 is 67.0 Å². The third-order valence-corrected chi connectivity index (χ3v) is 11.6. The van der Waals surface area contributed by atoms with E-state index in [-0.39, 0.29) is 18.4 Å². The lowest BCUT2D eigenvalue weighted by molar-refractivity contribution is -0.310. The first-order valence-electron chi connectivity index (χ1n) is 22.7. The zero-order valence-corrected chi connectivity index (χ0v) is 39.8. The van der Waals surface area contributed by atoms with Crippen molar-refractivity contribution in [3.05, 3.63) is 95.6 Å². The van der Waals surface area contributed by atoms with Crippen molar-refractivity contribution in [2.75, 3.05) is 104 Å². The number of aliphatic hydroxyl groups is 3. The molecule has 0 unspecified atom stereocenters. The van der Waals surface area contributed by atoms with E-state index in [1.165, 1.54) is 6.92 Å². The van der Waals surface area contributed by atoms with Crippen molar-refractivity contribution >= 4 is 41.4 Å². The lowest BCUT2D eigenvalue weighted by Crippen LogP contribution is -2.68. The van der Waals surface area contributed by atoms with Gasteiger partial charge in [0.1, 0.15) is 12.2 Å². The van der Waals surface area contributed by atoms with E-state index in [2.05, 4.69) is 21.3 Å². The predicted octanol–water partition coefficient (Wildman–Crippen LogP) is 1.25. The van der Waals surface area contributed by atoms with Gasteiger partial charge in [-0.1, -0.05) is 42.5 Å². The molecule has 1 aliphatic heterocycles. The van der Waals surface area contributed by atoms with E-state index in [0.29, 0.717) is 107 Å². The van der Waals surface area contributed by atoms with Crippen molar-refractivity contribution in [1.82, 2.24) is 21.3 Å². The molecule has 8 N–H and O–H groups in total. The first-order valence-corrected chi connectivity index (χ1v) is 23.9. The number of aliphatic carboxylic acids is 1. The van der Waals surface area contributed by atoms with Gasteiger partial charge in [-0.15, -0.1) is 0 Å². The van der Waals surface area contributed by atoms with E-state index in [1.54, 1.807) is 67.3 Å². The Labute approximate surface area is 406 Å². The van der Waals surface area contributed by atoms with E-state index >= 15 is 0 Å². The van der Waals surface area contributed by atoms with Crippen LogP contribution in [0.4, 0.5) is 0 Å². The average molecular weight is 987 g/mol. The number of amides is 4. The lowest BCUT2D eigenvalue weighted by Gasteiger charge is -2.46. The number of rotatable bonds is 33. The quantitative estimate of drug-likeness (QED) is 0.0399. The summed E-state index contributed by atoms with van der Waals surface area (Å²) in [7, 11) is 1.54. The summed E-state index contributed by atoms with van der Waals surface area (Å²) in [4.78, 5) is 61.3. The van der Waals surface area contributed by atoms with Crippen molar-refractivity contribution in [2.24, 2.45) is 0 Å². The second-order valence-corrected chi connectivity index (χ2v) is 16.9. The van der Waals surface area contributed by atoms with Crippen LogP contribution in [0.1, 0.15) is 50.8 Å². The summed E-state index contributed by atoms with van der Waals surface area (Å²) in [5, 5.41) is 53.7. The van der Waals surface area contributed by atoms with Crippen molar-refractivity contribution in [3.8, 4) is 11.1 Å². The number of hydrogen-bond donors (Lipinski definition) is 8. The summed E-state index contributed by atoms with van der Waals surface area (Å²) < 4.78 is 39.1. The van der Waals surface area contributed by atoms with Crippen LogP contribution in [0.2, 0.25) is 0 Å². The molecule has 3 aromatic rings. The van der Waals surface area contributed by atoms with Gasteiger partial charge in [0.2, 0.25) is 5.91 Å². The summed E-state index contributed by atoms with van der Waals surface area (Å²) in [6.07, 6.45) is -6.90.